The van der Waals surface area contributed by atoms with E-state index in [0.29, 0.717) is 5.02 Å². The summed E-state index contributed by atoms with van der Waals surface area (Å²) in [5, 5.41) is 0.700. The highest BCUT2D eigenvalue weighted by molar-refractivity contribution is 6.30. The van der Waals surface area contributed by atoms with E-state index >= 15 is 0 Å². The van der Waals surface area contributed by atoms with Crippen molar-refractivity contribution in [3.8, 4) is 0 Å². The maximum atomic E-state index is 12.5. The molecule has 0 atom stereocenters. The molecular weight excluding hydrogens is 211 g/mol. The molecule has 0 aromatic heterocycles. The van der Waals surface area contributed by atoms with Crippen LogP contribution in [0.5, 0.6) is 0 Å². The zero-order chi connectivity index (χ0) is 11.3. The number of rotatable bonds is 5. The second kappa shape index (κ2) is 6.12. The van der Waals surface area contributed by atoms with E-state index in [2.05, 4.69) is 6.92 Å². The van der Waals surface area contributed by atoms with Gasteiger partial charge in [-0.05, 0) is 36.1 Å². The Labute approximate surface area is 96.5 Å². The molecule has 83 valence electrons. The number of alkyl halides is 1. The zero-order valence-corrected chi connectivity index (χ0v) is 10.1. The number of unbranched alkanes of at least 4 members (excludes halogenated alkanes) is 1. The normalized spacial score (nSPS) is 11.0. The summed E-state index contributed by atoms with van der Waals surface area (Å²) in [7, 11) is 0. The molecule has 2 heteroatoms. The summed E-state index contributed by atoms with van der Waals surface area (Å²) in [5.74, 6) is 0.746. The van der Waals surface area contributed by atoms with Crippen LogP contribution in [0.2, 0.25) is 5.02 Å². The highest BCUT2D eigenvalue weighted by Gasteiger charge is 2.07. The Hall–Kier alpha value is -0.560. The smallest absolute Gasteiger partial charge is 0.0997 e. The predicted octanol–water partition coefficient (Wildman–Crippen LogP) is 4.59. The first-order valence-electron chi connectivity index (χ1n) is 5.35. The minimum absolute atomic E-state index is 0.409. The van der Waals surface area contributed by atoms with Gasteiger partial charge >= 0.3 is 0 Å². The summed E-state index contributed by atoms with van der Waals surface area (Å²) in [6.45, 7) is 3.55. The van der Waals surface area contributed by atoms with Crippen molar-refractivity contribution in [1.29, 1.82) is 0 Å². The second-order valence-electron chi connectivity index (χ2n) is 3.87. The topological polar surface area (TPSA) is 0 Å². The number of hydrogen-bond acceptors (Lipinski definition) is 0. The Kier molecular flexibility index (Phi) is 5.10. The maximum absolute atomic E-state index is 12.5. The van der Waals surface area contributed by atoms with Crippen LogP contribution in [0.25, 0.3) is 0 Å². The molecule has 0 aliphatic heterocycles. The molecule has 0 aliphatic carbocycles. The average Bonchev–Trinajstić information content (AvgIpc) is 2.24. The average molecular weight is 228 g/mol. The lowest BCUT2D eigenvalue weighted by Crippen LogP contribution is -1.98. The Morgan fingerprint density at radius 2 is 2.07 bits per heavy atom. The van der Waals surface area contributed by atoms with Crippen LogP contribution in [0.3, 0.4) is 0 Å². The van der Waals surface area contributed by atoms with Gasteiger partial charge in [0.15, 0.2) is 0 Å². The molecule has 0 spiro atoms. The molecular formula is C13H17ClF. The molecule has 1 aromatic carbocycles. The van der Waals surface area contributed by atoms with E-state index in [1.165, 1.54) is 5.56 Å². The molecule has 0 saturated carbocycles. The quantitative estimate of drug-likeness (QED) is 0.690. The van der Waals surface area contributed by atoms with E-state index < -0.39 is 6.67 Å². The van der Waals surface area contributed by atoms with Gasteiger partial charge < -0.3 is 0 Å². The van der Waals surface area contributed by atoms with Crippen LogP contribution in [0.15, 0.2) is 18.2 Å². The summed E-state index contributed by atoms with van der Waals surface area (Å²) >= 11 is 5.99. The van der Waals surface area contributed by atoms with Crippen molar-refractivity contribution in [3.05, 3.63) is 40.3 Å². The summed E-state index contributed by atoms with van der Waals surface area (Å²) in [4.78, 5) is 0. The van der Waals surface area contributed by atoms with Gasteiger partial charge in [-0.3, -0.25) is 4.39 Å². The molecule has 1 aromatic rings. The molecule has 15 heavy (non-hydrogen) atoms. The molecule has 0 heterocycles. The monoisotopic (exact) mass is 227 g/mol. The Morgan fingerprint density at radius 1 is 1.33 bits per heavy atom. The molecule has 0 nitrogen and oxygen atoms in total. The van der Waals surface area contributed by atoms with Crippen LogP contribution in [-0.4, -0.2) is 6.67 Å². The van der Waals surface area contributed by atoms with Gasteiger partial charge in [0, 0.05) is 10.9 Å². The molecule has 1 radical (unpaired) electrons. The van der Waals surface area contributed by atoms with Crippen LogP contribution in [0.1, 0.15) is 37.8 Å². The second-order valence-corrected chi connectivity index (χ2v) is 4.30. The van der Waals surface area contributed by atoms with Crippen LogP contribution in [0.4, 0.5) is 4.39 Å². The fraction of sp³-hybridized carbons (Fsp3) is 0.462. The van der Waals surface area contributed by atoms with Crippen molar-refractivity contribution >= 4 is 11.6 Å². The highest BCUT2D eigenvalue weighted by Crippen LogP contribution is 2.22. The Morgan fingerprint density at radius 3 is 2.67 bits per heavy atom. The van der Waals surface area contributed by atoms with Crippen molar-refractivity contribution in [2.45, 2.75) is 33.1 Å². The number of hydrogen-bond donors (Lipinski definition) is 0. The Balaban J connectivity index is 2.84. The van der Waals surface area contributed by atoms with Crippen molar-refractivity contribution in [2.75, 3.05) is 6.67 Å². The van der Waals surface area contributed by atoms with E-state index in [0.717, 1.165) is 30.7 Å². The largest absolute Gasteiger partial charge is 0.250 e. The van der Waals surface area contributed by atoms with Gasteiger partial charge in [0.05, 0.1) is 6.67 Å². The van der Waals surface area contributed by atoms with E-state index in [-0.39, 0.29) is 0 Å². The first-order valence-corrected chi connectivity index (χ1v) is 5.73. The van der Waals surface area contributed by atoms with Crippen molar-refractivity contribution in [2.24, 2.45) is 0 Å². The summed E-state index contributed by atoms with van der Waals surface area (Å²) in [6, 6.07) is 5.83. The molecule has 0 unspecified atom stereocenters. The third-order valence-electron chi connectivity index (χ3n) is 2.47. The summed E-state index contributed by atoms with van der Waals surface area (Å²) < 4.78 is 12.5. The fourth-order valence-corrected chi connectivity index (χ4v) is 1.76. The van der Waals surface area contributed by atoms with Crippen molar-refractivity contribution in [1.82, 2.24) is 0 Å². The van der Waals surface area contributed by atoms with Crippen molar-refractivity contribution in [3.63, 3.8) is 0 Å². The van der Waals surface area contributed by atoms with Gasteiger partial charge in [0.1, 0.15) is 0 Å². The predicted molar refractivity (Wildman–Crippen MR) is 64.1 cm³/mol. The van der Waals surface area contributed by atoms with Crippen LogP contribution >= 0.6 is 11.6 Å². The van der Waals surface area contributed by atoms with E-state index in [1.807, 2.05) is 18.2 Å². The molecule has 0 saturated heterocycles. The third-order valence-corrected chi connectivity index (χ3v) is 2.69. The van der Waals surface area contributed by atoms with Crippen LogP contribution < -0.4 is 0 Å². The minimum atomic E-state index is -0.409. The van der Waals surface area contributed by atoms with E-state index in [9.17, 15) is 4.39 Å². The van der Waals surface area contributed by atoms with E-state index in [4.69, 9.17) is 11.6 Å². The summed E-state index contributed by atoms with van der Waals surface area (Å²) in [6.07, 6.45) is 3.33. The van der Waals surface area contributed by atoms with Gasteiger partial charge in [0.25, 0.3) is 0 Å². The Bertz CT molecular complexity index is 309. The minimum Gasteiger partial charge on any atom is -0.250 e. The molecule has 1 rings (SSSR count). The van der Waals surface area contributed by atoms with E-state index in [1.54, 1.807) is 6.92 Å². The van der Waals surface area contributed by atoms with Gasteiger partial charge in [-0.25, -0.2) is 0 Å². The lowest BCUT2D eigenvalue weighted by Gasteiger charge is -2.09. The summed E-state index contributed by atoms with van der Waals surface area (Å²) in [5.41, 5.74) is 2.13. The lowest BCUT2D eigenvalue weighted by molar-refractivity contribution is 0.516. The molecule has 0 amide bonds. The molecule has 0 bridgehead atoms. The van der Waals surface area contributed by atoms with Gasteiger partial charge in [-0.15, -0.1) is 0 Å². The highest BCUT2D eigenvalue weighted by atomic mass is 35.5. The van der Waals surface area contributed by atoms with Crippen LogP contribution in [-0.2, 0) is 6.42 Å². The molecule has 0 aliphatic rings. The number of aryl methyl sites for hydroxylation is 1. The fourth-order valence-electron chi connectivity index (χ4n) is 1.50. The van der Waals surface area contributed by atoms with Gasteiger partial charge in [-0.1, -0.05) is 37.9 Å². The first kappa shape index (κ1) is 12.5. The maximum Gasteiger partial charge on any atom is 0.0997 e. The lowest BCUT2D eigenvalue weighted by atomic mass is 9.98. The van der Waals surface area contributed by atoms with Crippen molar-refractivity contribution < 1.29 is 4.39 Å². The third kappa shape index (κ3) is 3.83. The van der Waals surface area contributed by atoms with Gasteiger partial charge in [-0.2, -0.15) is 0 Å². The number of halogens is 2. The standard InChI is InChI=1S/C13H17ClF/c1-3-4-5-11-6-12(10(2)9-15)8-13(14)7-11/h6-8H,3-5,9H2,1-2H3. The van der Waals surface area contributed by atoms with Gasteiger partial charge in [0.2, 0.25) is 0 Å². The molecule has 0 fully saturated rings. The molecule has 0 N–H and O–H groups in total. The SMILES string of the molecule is CCCCc1cc(Cl)cc([C](C)CF)c1. The zero-order valence-electron chi connectivity index (χ0n) is 9.32. The number of benzene rings is 1. The first-order chi connectivity index (χ1) is 7.17. The van der Waals surface area contributed by atoms with Crippen LogP contribution in [0, 0.1) is 5.92 Å².